The maximum absolute atomic E-state index is 12.5. The van der Waals surface area contributed by atoms with Gasteiger partial charge in [0.15, 0.2) is 5.78 Å². The topological polar surface area (TPSA) is 53.4 Å². The molecule has 0 radical (unpaired) electrons. The van der Waals surface area contributed by atoms with Crippen molar-refractivity contribution in [2.75, 3.05) is 14.2 Å². The smallest absolute Gasteiger partial charge is 0.164 e. The molecule has 5 nitrogen and oxygen atoms in total. The third kappa shape index (κ3) is 2.08. The van der Waals surface area contributed by atoms with Crippen molar-refractivity contribution in [1.29, 1.82) is 0 Å². The van der Waals surface area contributed by atoms with E-state index in [1.54, 1.807) is 20.5 Å². The molecular weight excluding hydrogens is 304 g/mol. The predicted octanol–water partition coefficient (Wildman–Crippen LogP) is 3.31. The molecule has 4 rings (SSSR count). The van der Waals surface area contributed by atoms with Crippen molar-refractivity contribution >= 4 is 16.8 Å². The van der Waals surface area contributed by atoms with Gasteiger partial charge in [0.25, 0.3) is 0 Å². The molecule has 0 spiro atoms. The average Bonchev–Trinajstić information content (AvgIpc) is 3.14. The van der Waals surface area contributed by atoms with E-state index in [1.807, 2.05) is 35.9 Å². The number of hydrogen-bond acceptors (Lipinski definition) is 4. The molecule has 1 heterocycles. The number of benzene rings is 2. The first-order valence-electron chi connectivity index (χ1n) is 7.82. The lowest BCUT2D eigenvalue weighted by Gasteiger charge is -2.16. The minimum Gasteiger partial charge on any atom is -0.497 e. The van der Waals surface area contributed by atoms with Crippen molar-refractivity contribution < 1.29 is 14.3 Å². The summed E-state index contributed by atoms with van der Waals surface area (Å²) in [6.45, 7) is 0. The molecule has 0 N–H and O–H groups in total. The summed E-state index contributed by atoms with van der Waals surface area (Å²) < 4.78 is 12.8. The van der Waals surface area contributed by atoms with Crippen LogP contribution in [0.2, 0.25) is 0 Å². The molecule has 0 saturated carbocycles. The van der Waals surface area contributed by atoms with Gasteiger partial charge in [0.2, 0.25) is 0 Å². The third-order valence-corrected chi connectivity index (χ3v) is 4.76. The maximum atomic E-state index is 12.5. The van der Waals surface area contributed by atoms with Crippen molar-refractivity contribution in [3.05, 3.63) is 53.3 Å². The second-order valence-corrected chi connectivity index (χ2v) is 6.07. The molecule has 2 aromatic carbocycles. The predicted molar refractivity (Wildman–Crippen MR) is 91.1 cm³/mol. The maximum Gasteiger partial charge on any atom is 0.164 e. The summed E-state index contributed by atoms with van der Waals surface area (Å²) in [6.07, 6.45) is 2.25. The van der Waals surface area contributed by atoms with Gasteiger partial charge in [0, 0.05) is 36.6 Å². The van der Waals surface area contributed by atoms with Gasteiger partial charge in [-0.2, -0.15) is 0 Å². The van der Waals surface area contributed by atoms with E-state index < -0.39 is 0 Å². The van der Waals surface area contributed by atoms with Gasteiger partial charge < -0.3 is 14.0 Å². The lowest BCUT2D eigenvalue weighted by Crippen LogP contribution is -2.00. The van der Waals surface area contributed by atoms with E-state index in [4.69, 9.17) is 9.47 Å². The number of rotatable bonds is 3. The van der Waals surface area contributed by atoms with Crippen LogP contribution in [-0.4, -0.2) is 29.6 Å². The number of methoxy groups -OCH3 is 2. The van der Waals surface area contributed by atoms with E-state index in [0.29, 0.717) is 23.5 Å². The fourth-order valence-corrected chi connectivity index (χ4v) is 3.52. The standard InChI is InChI=1S/C19H18N2O3/c1-21-10-20-15-5-4-11(6-16(15)21)13-9-17(22)14-7-12(23-2)8-18(24-3)19(13)14/h4-8,10,13H,9H2,1-3H3. The highest BCUT2D eigenvalue weighted by atomic mass is 16.5. The van der Waals surface area contributed by atoms with Crippen LogP contribution in [0.5, 0.6) is 11.5 Å². The number of ketones is 1. The summed E-state index contributed by atoms with van der Waals surface area (Å²) in [5.74, 6) is 1.46. The lowest BCUT2D eigenvalue weighted by molar-refractivity contribution is 0.0991. The lowest BCUT2D eigenvalue weighted by atomic mass is 9.92. The van der Waals surface area contributed by atoms with Crippen molar-refractivity contribution in [3.63, 3.8) is 0 Å². The Balaban J connectivity index is 1.89. The highest BCUT2D eigenvalue weighted by Crippen LogP contribution is 2.45. The number of hydrogen-bond donors (Lipinski definition) is 0. The molecule has 1 unspecified atom stereocenters. The Morgan fingerprint density at radius 3 is 2.75 bits per heavy atom. The fraction of sp³-hybridized carbons (Fsp3) is 0.263. The number of aromatic nitrogens is 2. The van der Waals surface area contributed by atoms with Crippen LogP contribution in [0.1, 0.15) is 33.8 Å². The molecule has 0 aliphatic heterocycles. The zero-order chi connectivity index (χ0) is 16.8. The van der Waals surface area contributed by atoms with Crippen molar-refractivity contribution in [2.24, 2.45) is 7.05 Å². The first-order valence-corrected chi connectivity index (χ1v) is 7.82. The van der Waals surface area contributed by atoms with E-state index in [-0.39, 0.29) is 11.7 Å². The van der Waals surface area contributed by atoms with Crippen molar-refractivity contribution in [3.8, 4) is 11.5 Å². The van der Waals surface area contributed by atoms with Gasteiger partial charge in [-0.25, -0.2) is 4.98 Å². The highest BCUT2D eigenvalue weighted by Gasteiger charge is 2.34. The van der Waals surface area contributed by atoms with Crippen LogP contribution in [0.15, 0.2) is 36.7 Å². The second-order valence-electron chi connectivity index (χ2n) is 6.07. The SMILES string of the molecule is COc1cc(OC)c2c(c1)C(=O)CC2c1ccc2ncn(C)c2c1. The zero-order valence-electron chi connectivity index (χ0n) is 13.9. The number of carbonyl (C=O) groups is 1. The van der Waals surface area contributed by atoms with Crippen LogP contribution in [-0.2, 0) is 7.05 Å². The summed E-state index contributed by atoms with van der Waals surface area (Å²) in [5, 5.41) is 0. The number of imidazole rings is 1. The molecule has 1 aromatic heterocycles. The first kappa shape index (κ1) is 14.8. The normalized spacial score (nSPS) is 16.5. The van der Waals surface area contributed by atoms with Crippen LogP contribution < -0.4 is 9.47 Å². The number of ether oxygens (including phenoxy) is 2. The molecule has 0 fully saturated rings. The van der Waals surface area contributed by atoms with Gasteiger partial charge in [-0.15, -0.1) is 0 Å². The quantitative estimate of drug-likeness (QED) is 0.742. The summed E-state index contributed by atoms with van der Waals surface area (Å²) in [6, 6.07) is 9.81. The summed E-state index contributed by atoms with van der Waals surface area (Å²) in [5.41, 5.74) is 4.75. The molecular formula is C19H18N2O3. The molecule has 0 saturated heterocycles. The molecule has 0 bridgehead atoms. The Morgan fingerprint density at radius 2 is 2.00 bits per heavy atom. The van der Waals surface area contributed by atoms with Crippen LogP contribution in [0.3, 0.4) is 0 Å². The molecule has 3 aromatic rings. The van der Waals surface area contributed by atoms with Crippen molar-refractivity contribution in [1.82, 2.24) is 9.55 Å². The van der Waals surface area contributed by atoms with Gasteiger partial charge in [-0.3, -0.25) is 4.79 Å². The molecule has 1 atom stereocenters. The number of carbonyl (C=O) groups excluding carboxylic acids is 1. The monoisotopic (exact) mass is 322 g/mol. The van der Waals surface area contributed by atoms with E-state index in [2.05, 4.69) is 11.1 Å². The Labute approximate surface area is 139 Å². The van der Waals surface area contributed by atoms with Crippen LogP contribution in [0, 0.1) is 0 Å². The number of aryl methyl sites for hydroxylation is 1. The fourth-order valence-electron chi connectivity index (χ4n) is 3.52. The van der Waals surface area contributed by atoms with Crippen LogP contribution >= 0.6 is 0 Å². The summed E-state index contributed by atoms with van der Waals surface area (Å²) in [7, 11) is 5.19. The van der Waals surface area contributed by atoms with Crippen molar-refractivity contribution in [2.45, 2.75) is 12.3 Å². The molecule has 5 heteroatoms. The minimum absolute atomic E-state index is 0.00680. The molecule has 1 aliphatic carbocycles. The number of Topliss-reactive ketones (excluding diaryl/α,β-unsaturated/α-hetero) is 1. The Bertz CT molecular complexity index is 959. The van der Waals surface area contributed by atoms with E-state index in [9.17, 15) is 4.79 Å². The van der Waals surface area contributed by atoms with Crippen LogP contribution in [0.25, 0.3) is 11.0 Å². The van der Waals surface area contributed by atoms with Gasteiger partial charge in [-0.05, 0) is 23.8 Å². The third-order valence-electron chi connectivity index (χ3n) is 4.76. The van der Waals surface area contributed by atoms with Crippen LogP contribution in [0.4, 0.5) is 0 Å². The second kappa shape index (κ2) is 5.37. The number of fused-ring (bicyclic) bond motifs is 2. The van der Waals surface area contributed by atoms with E-state index >= 15 is 0 Å². The summed E-state index contributed by atoms with van der Waals surface area (Å²) >= 11 is 0. The molecule has 24 heavy (non-hydrogen) atoms. The first-order chi connectivity index (χ1) is 11.6. The molecule has 122 valence electrons. The Kier molecular flexibility index (Phi) is 3.30. The molecule has 1 aliphatic rings. The van der Waals surface area contributed by atoms with E-state index in [1.165, 1.54) is 0 Å². The zero-order valence-corrected chi connectivity index (χ0v) is 13.9. The number of nitrogens with zero attached hydrogens (tertiary/aromatic N) is 2. The van der Waals surface area contributed by atoms with Gasteiger partial charge >= 0.3 is 0 Å². The van der Waals surface area contributed by atoms with Gasteiger partial charge in [0.1, 0.15) is 11.5 Å². The Morgan fingerprint density at radius 1 is 1.17 bits per heavy atom. The van der Waals surface area contributed by atoms with Gasteiger partial charge in [-0.1, -0.05) is 6.07 Å². The molecule has 0 amide bonds. The minimum atomic E-state index is -0.00680. The highest BCUT2D eigenvalue weighted by molar-refractivity contribution is 6.03. The van der Waals surface area contributed by atoms with E-state index in [0.717, 1.165) is 22.2 Å². The summed E-state index contributed by atoms with van der Waals surface area (Å²) in [4.78, 5) is 16.9. The Hall–Kier alpha value is -2.82. The average molecular weight is 322 g/mol. The largest absolute Gasteiger partial charge is 0.497 e. The van der Waals surface area contributed by atoms with Gasteiger partial charge in [0.05, 0.1) is 31.6 Å².